The average Bonchev–Trinajstić information content (AvgIpc) is 3.33. The number of nitrogens with zero attached hydrogens (tertiary/aromatic N) is 2. The number of furan rings is 1. The molecule has 2 N–H and O–H groups in total. The number of nitrogens with one attached hydrogen (secondary N) is 1. The molecule has 0 aliphatic heterocycles. The van der Waals surface area contributed by atoms with Crippen molar-refractivity contribution >= 4 is 29.4 Å². The van der Waals surface area contributed by atoms with Crippen LogP contribution in [-0.2, 0) is 10.4 Å². The fraction of sp³-hybridized carbons (Fsp3) is 0.0400. The third kappa shape index (κ3) is 4.59. The number of nitro groups is 1. The average molecular weight is 476 g/mol. The van der Waals surface area contributed by atoms with Crippen LogP contribution in [0.4, 0.5) is 5.69 Å². The Bertz CT molecular complexity index is 1310. The summed E-state index contributed by atoms with van der Waals surface area (Å²) in [7, 11) is 0. The maximum absolute atomic E-state index is 13.0. The van der Waals surface area contributed by atoms with E-state index in [1.54, 1.807) is 72.8 Å². The standard InChI is InChI=1S/C25H18ClN3O5/c26-19-11-13-21(22(15-19)29(32)33)23-14-12-20(34-23)16-27-28-24(30)25(31,17-7-3-1-4-8-17)18-9-5-2-6-10-18/h1-16,31H,(H,28,30)/b27-16+. The van der Waals surface area contributed by atoms with E-state index in [2.05, 4.69) is 10.5 Å². The molecule has 1 amide bonds. The molecule has 34 heavy (non-hydrogen) atoms. The Kier molecular flexibility index (Phi) is 6.53. The minimum atomic E-state index is -1.97. The number of carbonyl (C=O) groups excluding carboxylic acids is 1. The van der Waals surface area contributed by atoms with Gasteiger partial charge in [0.1, 0.15) is 11.5 Å². The number of aliphatic hydroxyl groups is 1. The van der Waals surface area contributed by atoms with Crippen molar-refractivity contribution in [1.29, 1.82) is 0 Å². The summed E-state index contributed by atoms with van der Waals surface area (Å²) in [5, 5.41) is 26.9. The lowest BCUT2D eigenvalue weighted by Gasteiger charge is -2.26. The number of hydrogen-bond donors (Lipinski definition) is 2. The van der Waals surface area contributed by atoms with Gasteiger partial charge >= 0.3 is 0 Å². The normalized spacial score (nSPS) is 11.5. The highest BCUT2D eigenvalue weighted by Gasteiger charge is 2.39. The maximum atomic E-state index is 13.0. The summed E-state index contributed by atoms with van der Waals surface area (Å²) in [5.41, 5.74) is 1.18. The highest BCUT2D eigenvalue weighted by Crippen LogP contribution is 2.33. The Balaban J connectivity index is 1.56. The first kappa shape index (κ1) is 22.9. The minimum absolute atomic E-state index is 0.200. The Morgan fingerprint density at radius 2 is 1.62 bits per heavy atom. The van der Waals surface area contributed by atoms with Crippen LogP contribution in [-0.4, -0.2) is 22.2 Å². The molecule has 0 aliphatic carbocycles. The summed E-state index contributed by atoms with van der Waals surface area (Å²) < 4.78 is 5.63. The number of nitro benzene ring substituents is 1. The van der Waals surface area contributed by atoms with Crippen LogP contribution in [0.15, 0.2) is 101 Å². The van der Waals surface area contributed by atoms with E-state index >= 15 is 0 Å². The number of rotatable bonds is 7. The van der Waals surface area contributed by atoms with Gasteiger partial charge < -0.3 is 9.52 Å². The quantitative estimate of drug-likeness (QED) is 0.224. The van der Waals surface area contributed by atoms with Crippen LogP contribution in [0.3, 0.4) is 0 Å². The van der Waals surface area contributed by atoms with Gasteiger partial charge in [0.05, 0.1) is 16.7 Å². The number of halogens is 1. The Morgan fingerprint density at radius 1 is 1.00 bits per heavy atom. The van der Waals surface area contributed by atoms with E-state index in [0.29, 0.717) is 11.1 Å². The van der Waals surface area contributed by atoms with Gasteiger partial charge in [0, 0.05) is 11.1 Å². The first-order chi connectivity index (χ1) is 16.4. The minimum Gasteiger partial charge on any atom is -0.455 e. The van der Waals surface area contributed by atoms with Gasteiger partial charge in [0.25, 0.3) is 11.6 Å². The number of carbonyl (C=O) groups is 1. The van der Waals surface area contributed by atoms with Gasteiger partial charge in [-0.1, -0.05) is 72.3 Å². The largest absolute Gasteiger partial charge is 0.455 e. The summed E-state index contributed by atoms with van der Waals surface area (Å²) in [6, 6.07) is 24.4. The van der Waals surface area contributed by atoms with E-state index in [1.165, 1.54) is 24.4 Å². The molecule has 0 aliphatic rings. The molecule has 0 radical (unpaired) electrons. The van der Waals surface area contributed by atoms with E-state index in [0.717, 1.165) is 0 Å². The first-order valence-electron chi connectivity index (χ1n) is 10.1. The molecule has 1 aromatic heterocycles. The molecular weight excluding hydrogens is 458 g/mol. The summed E-state index contributed by atoms with van der Waals surface area (Å²) in [6.45, 7) is 0. The lowest BCUT2D eigenvalue weighted by Crippen LogP contribution is -2.43. The molecule has 9 heteroatoms. The molecule has 8 nitrogen and oxygen atoms in total. The van der Waals surface area contributed by atoms with E-state index < -0.39 is 16.4 Å². The molecule has 0 fully saturated rings. The third-order valence-electron chi connectivity index (χ3n) is 5.12. The van der Waals surface area contributed by atoms with Gasteiger partial charge in [0.2, 0.25) is 0 Å². The van der Waals surface area contributed by atoms with E-state index in [1.807, 2.05) is 0 Å². The van der Waals surface area contributed by atoms with Crippen LogP contribution >= 0.6 is 11.6 Å². The molecule has 4 aromatic rings. The SMILES string of the molecule is O=C(N/N=C/c1ccc(-c2ccc(Cl)cc2[N+](=O)[O-])o1)C(O)(c1ccccc1)c1ccccc1. The molecule has 0 atom stereocenters. The van der Waals surface area contributed by atoms with Crippen LogP contribution in [0.2, 0.25) is 5.02 Å². The highest BCUT2D eigenvalue weighted by molar-refractivity contribution is 6.30. The third-order valence-corrected chi connectivity index (χ3v) is 5.35. The van der Waals surface area contributed by atoms with Gasteiger partial charge in [0.15, 0.2) is 5.60 Å². The Hall–Kier alpha value is -4.27. The van der Waals surface area contributed by atoms with Crippen LogP contribution in [0, 0.1) is 10.1 Å². The zero-order valence-electron chi connectivity index (χ0n) is 17.6. The first-order valence-corrected chi connectivity index (χ1v) is 10.5. The molecule has 0 unspecified atom stereocenters. The van der Waals surface area contributed by atoms with Crippen molar-refractivity contribution in [2.75, 3.05) is 0 Å². The maximum Gasteiger partial charge on any atom is 0.281 e. The van der Waals surface area contributed by atoms with Crippen molar-refractivity contribution in [3.05, 3.63) is 123 Å². The molecule has 1 heterocycles. The summed E-state index contributed by atoms with van der Waals surface area (Å²) in [5.74, 6) is -0.287. The topological polar surface area (TPSA) is 118 Å². The second-order valence-electron chi connectivity index (χ2n) is 7.26. The van der Waals surface area contributed by atoms with Crippen molar-refractivity contribution < 1.29 is 19.2 Å². The number of hydrogen-bond acceptors (Lipinski definition) is 6. The predicted molar refractivity (Wildman–Crippen MR) is 127 cm³/mol. The molecule has 0 saturated carbocycles. The number of amides is 1. The lowest BCUT2D eigenvalue weighted by molar-refractivity contribution is -0.384. The second kappa shape index (κ2) is 9.70. The van der Waals surface area contributed by atoms with Gasteiger partial charge in [-0.25, -0.2) is 5.43 Å². The van der Waals surface area contributed by atoms with Crippen LogP contribution in [0.1, 0.15) is 16.9 Å². The van der Waals surface area contributed by atoms with E-state index in [9.17, 15) is 20.0 Å². The fourth-order valence-electron chi connectivity index (χ4n) is 3.45. The van der Waals surface area contributed by atoms with Crippen molar-refractivity contribution in [2.45, 2.75) is 5.60 Å². The van der Waals surface area contributed by atoms with Crippen LogP contribution in [0.25, 0.3) is 11.3 Å². The van der Waals surface area contributed by atoms with Crippen LogP contribution < -0.4 is 5.43 Å². The lowest BCUT2D eigenvalue weighted by atomic mass is 9.85. The summed E-state index contributed by atoms with van der Waals surface area (Å²) in [4.78, 5) is 23.8. The zero-order chi connectivity index (χ0) is 24.1. The molecule has 0 saturated heterocycles. The predicted octanol–water partition coefficient (Wildman–Crippen LogP) is 4.89. The molecule has 3 aromatic carbocycles. The number of benzene rings is 3. The summed E-state index contributed by atoms with van der Waals surface area (Å²) >= 11 is 5.86. The van der Waals surface area contributed by atoms with Crippen molar-refractivity contribution in [2.24, 2.45) is 5.10 Å². The van der Waals surface area contributed by atoms with Crippen LogP contribution in [0.5, 0.6) is 0 Å². The Labute approximate surface area is 199 Å². The van der Waals surface area contributed by atoms with Gasteiger partial charge in [-0.15, -0.1) is 0 Å². The molecule has 0 spiro atoms. The van der Waals surface area contributed by atoms with E-state index in [-0.39, 0.29) is 27.8 Å². The van der Waals surface area contributed by atoms with Crippen molar-refractivity contribution in [1.82, 2.24) is 5.43 Å². The van der Waals surface area contributed by atoms with E-state index in [4.69, 9.17) is 16.0 Å². The van der Waals surface area contributed by atoms with Gasteiger partial charge in [-0.05, 0) is 35.4 Å². The second-order valence-corrected chi connectivity index (χ2v) is 7.70. The smallest absolute Gasteiger partial charge is 0.281 e. The van der Waals surface area contributed by atoms with Crippen molar-refractivity contribution in [3.8, 4) is 11.3 Å². The Morgan fingerprint density at radius 3 is 2.21 bits per heavy atom. The zero-order valence-corrected chi connectivity index (χ0v) is 18.3. The number of hydrazone groups is 1. The highest BCUT2D eigenvalue weighted by atomic mass is 35.5. The van der Waals surface area contributed by atoms with Gasteiger partial charge in [-0.3, -0.25) is 14.9 Å². The fourth-order valence-corrected chi connectivity index (χ4v) is 3.62. The van der Waals surface area contributed by atoms with Crippen molar-refractivity contribution in [3.63, 3.8) is 0 Å². The molecule has 170 valence electrons. The summed E-state index contributed by atoms with van der Waals surface area (Å²) in [6.07, 6.45) is 1.24. The molecule has 4 rings (SSSR count). The monoisotopic (exact) mass is 475 g/mol. The van der Waals surface area contributed by atoms with Gasteiger partial charge in [-0.2, -0.15) is 5.10 Å². The molecular formula is C25H18ClN3O5. The molecule has 0 bridgehead atoms.